The summed E-state index contributed by atoms with van der Waals surface area (Å²) in [5.74, 6) is 0.327. The van der Waals surface area contributed by atoms with E-state index in [1.165, 1.54) is 11.3 Å². The lowest BCUT2D eigenvalue weighted by molar-refractivity contribution is 0.102. The van der Waals surface area contributed by atoms with Crippen LogP contribution in [0.25, 0.3) is 0 Å². The number of benzene rings is 2. The number of anilines is 1. The number of ether oxygens (including phenoxy) is 1. The number of para-hydroxylation sites is 2. The Morgan fingerprint density at radius 2 is 1.96 bits per heavy atom. The van der Waals surface area contributed by atoms with Gasteiger partial charge in [-0.05, 0) is 36.4 Å². The molecule has 1 atom stereocenters. The fraction of sp³-hybridized carbons (Fsp3) is 0.111. The molecule has 0 saturated heterocycles. The molecule has 0 bridgehead atoms. The molecular weight excluding hydrogens is 356 g/mol. The molecule has 0 aliphatic carbocycles. The van der Waals surface area contributed by atoms with Crippen LogP contribution in [-0.4, -0.2) is 21.4 Å². The van der Waals surface area contributed by atoms with Crippen LogP contribution in [0.3, 0.4) is 0 Å². The number of carbonyl (C=O) groups is 1. The van der Waals surface area contributed by atoms with Crippen molar-refractivity contribution < 1.29 is 13.7 Å². The van der Waals surface area contributed by atoms with Crippen molar-refractivity contribution in [3.05, 3.63) is 70.7 Å². The van der Waals surface area contributed by atoms with Gasteiger partial charge >= 0.3 is 0 Å². The molecule has 1 heterocycles. The van der Waals surface area contributed by atoms with Crippen molar-refractivity contribution in [2.24, 2.45) is 0 Å². The Kier molecular flexibility index (Phi) is 5.57. The highest BCUT2D eigenvalue weighted by molar-refractivity contribution is 7.84. The first kappa shape index (κ1) is 17.3. The van der Waals surface area contributed by atoms with E-state index in [0.717, 1.165) is 5.69 Å². The molecule has 0 radical (unpaired) electrons. The number of hydrogen-bond acceptors (Lipinski definition) is 5. The summed E-state index contributed by atoms with van der Waals surface area (Å²) in [4.78, 5) is 17.3. The predicted molar refractivity (Wildman–Crippen MR) is 99.6 cm³/mol. The normalized spacial score (nSPS) is 11.7. The van der Waals surface area contributed by atoms with Gasteiger partial charge < -0.3 is 10.1 Å². The Balaban J connectivity index is 1.71. The zero-order chi connectivity index (χ0) is 17.6. The summed E-state index contributed by atoms with van der Waals surface area (Å²) in [5, 5.41) is 4.77. The second kappa shape index (κ2) is 8.04. The predicted octanol–water partition coefficient (Wildman–Crippen LogP) is 3.71. The Bertz CT molecular complexity index is 878. The van der Waals surface area contributed by atoms with Crippen molar-refractivity contribution in [1.29, 1.82) is 0 Å². The van der Waals surface area contributed by atoms with Gasteiger partial charge in [0.15, 0.2) is 0 Å². The van der Waals surface area contributed by atoms with E-state index in [1.807, 2.05) is 17.5 Å². The first-order valence-corrected chi connectivity index (χ1v) is 9.97. The number of hydrogen-bond donors (Lipinski definition) is 1. The minimum atomic E-state index is -1.07. The summed E-state index contributed by atoms with van der Waals surface area (Å²) >= 11 is 1.51. The van der Waals surface area contributed by atoms with Gasteiger partial charge in [0.1, 0.15) is 12.4 Å². The quantitative estimate of drug-likeness (QED) is 0.716. The summed E-state index contributed by atoms with van der Waals surface area (Å²) < 4.78 is 17.2. The maximum atomic E-state index is 12.4. The molecule has 0 saturated carbocycles. The van der Waals surface area contributed by atoms with Crippen molar-refractivity contribution in [3.63, 3.8) is 0 Å². The van der Waals surface area contributed by atoms with Crippen molar-refractivity contribution >= 4 is 33.7 Å². The molecule has 0 spiro atoms. The maximum absolute atomic E-state index is 12.4. The average Bonchev–Trinajstić information content (AvgIpc) is 3.14. The third-order valence-electron chi connectivity index (χ3n) is 3.44. The van der Waals surface area contributed by atoms with Crippen LogP contribution in [0.4, 0.5) is 5.69 Å². The van der Waals surface area contributed by atoms with Gasteiger partial charge in [-0.1, -0.05) is 12.1 Å². The van der Waals surface area contributed by atoms with Gasteiger partial charge in [-0.2, -0.15) is 0 Å². The minimum absolute atomic E-state index is 0.252. The monoisotopic (exact) mass is 372 g/mol. The molecule has 0 aliphatic heterocycles. The molecule has 3 aromatic rings. The lowest BCUT2D eigenvalue weighted by Gasteiger charge is -2.12. The van der Waals surface area contributed by atoms with E-state index in [-0.39, 0.29) is 5.91 Å². The summed E-state index contributed by atoms with van der Waals surface area (Å²) in [6.07, 6.45) is 1.60. The Labute approximate surface area is 152 Å². The van der Waals surface area contributed by atoms with Crippen LogP contribution >= 0.6 is 11.3 Å². The average molecular weight is 372 g/mol. The summed E-state index contributed by atoms with van der Waals surface area (Å²) in [7, 11) is -1.07. The number of carbonyl (C=O) groups excluding carboxylic acids is 1. The smallest absolute Gasteiger partial charge is 0.255 e. The van der Waals surface area contributed by atoms with Crippen LogP contribution in [-0.2, 0) is 17.4 Å². The molecule has 7 heteroatoms. The van der Waals surface area contributed by atoms with E-state index >= 15 is 0 Å². The molecule has 25 heavy (non-hydrogen) atoms. The van der Waals surface area contributed by atoms with Gasteiger partial charge in [0.2, 0.25) is 0 Å². The molecule has 1 amide bonds. The molecule has 5 nitrogen and oxygen atoms in total. The number of nitrogens with zero attached hydrogens (tertiary/aromatic N) is 1. The second-order valence-corrected chi connectivity index (χ2v) is 7.30. The Morgan fingerprint density at radius 1 is 1.20 bits per heavy atom. The van der Waals surface area contributed by atoms with Crippen molar-refractivity contribution in [2.75, 3.05) is 11.6 Å². The van der Waals surface area contributed by atoms with Gasteiger partial charge in [0.25, 0.3) is 5.91 Å². The van der Waals surface area contributed by atoms with Crippen LogP contribution in [0.15, 0.2) is 64.3 Å². The molecule has 0 unspecified atom stereocenters. The largest absolute Gasteiger partial charge is 0.485 e. The molecule has 1 N–H and O–H groups in total. The fourth-order valence-corrected chi connectivity index (χ4v) is 3.21. The third kappa shape index (κ3) is 4.52. The van der Waals surface area contributed by atoms with Crippen molar-refractivity contribution in [2.45, 2.75) is 11.5 Å². The van der Waals surface area contributed by atoms with Crippen molar-refractivity contribution in [3.8, 4) is 5.75 Å². The second-order valence-electron chi connectivity index (χ2n) is 5.20. The van der Waals surface area contributed by atoms with Gasteiger partial charge in [0, 0.05) is 32.9 Å². The van der Waals surface area contributed by atoms with Crippen molar-refractivity contribution in [1.82, 2.24) is 4.98 Å². The zero-order valence-electron chi connectivity index (χ0n) is 13.5. The number of rotatable bonds is 6. The number of amides is 1. The SMILES string of the molecule is C[S@@](=O)c1ccc(C(=O)Nc2ccccc2OCc2cscn2)cc1. The summed E-state index contributed by atoms with van der Waals surface area (Å²) in [6, 6.07) is 13.9. The molecule has 1 aromatic heterocycles. The summed E-state index contributed by atoms with van der Waals surface area (Å²) in [6.45, 7) is 0.341. The topological polar surface area (TPSA) is 68.3 Å². The first-order valence-electron chi connectivity index (χ1n) is 7.47. The first-order chi connectivity index (χ1) is 12.1. The number of aromatic nitrogens is 1. The highest BCUT2D eigenvalue weighted by Crippen LogP contribution is 2.25. The standard InChI is InChI=1S/C18H16N2O3S2/c1-25(22)15-8-6-13(7-9-15)18(21)20-16-4-2-3-5-17(16)23-10-14-11-24-12-19-14/h2-9,11-12H,10H2,1H3,(H,20,21)/t25-/m1/s1. The maximum Gasteiger partial charge on any atom is 0.255 e. The van der Waals surface area contributed by atoms with E-state index in [2.05, 4.69) is 10.3 Å². The number of thiazole rings is 1. The molecule has 0 aliphatic rings. The highest BCUT2D eigenvalue weighted by Gasteiger charge is 2.11. The van der Waals surface area contributed by atoms with Gasteiger partial charge in [-0.25, -0.2) is 4.98 Å². The highest BCUT2D eigenvalue weighted by atomic mass is 32.2. The third-order valence-corrected chi connectivity index (χ3v) is 5.01. The molecule has 128 valence electrons. The van der Waals surface area contributed by atoms with Crippen LogP contribution < -0.4 is 10.1 Å². The molecular formula is C18H16N2O3S2. The van der Waals surface area contributed by atoms with E-state index in [4.69, 9.17) is 4.74 Å². The van der Waals surface area contributed by atoms with Gasteiger partial charge in [-0.3, -0.25) is 9.00 Å². The summed E-state index contributed by atoms with van der Waals surface area (Å²) in [5.41, 5.74) is 3.67. The van der Waals surface area contributed by atoms with Crippen LogP contribution in [0.2, 0.25) is 0 Å². The van der Waals surface area contributed by atoms with E-state index in [0.29, 0.717) is 28.5 Å². The number of nitrogens with one attached hydrogen (secondary N) is 1. The zero-order valence-corrected chi connectivity index (χ0v) is 15.1. The van der Waals surface area contributed by atoms with Gasteiger partial charge in [0.05, 0.1) is 16.9 Å². The Morgan fingerprint density at radius 3 is 2.64 bits per heavy atom. The van der Waals surface area contributed by atoms with Crippen LogP contribution in [0.1, 0.15) is 16.1 Å². The minimum Gasteiger partial charge on any atom is -0.485 e. The lowest BCUT2D eigenvalue weighted by atomic mass is 10.2. The van der Waals surface area contributed by atoms with E-state index < -0.39 is 10.8 Å². The van der Waals surface area contributed by atoms with Crippen LogP contribution in [0, 0.1) is 0 Å². The lowest BCUT2D eigenvalue weighted by Crippen LogP contribution is -2.13. The molecule has 2 aromatic carbocycles. The van der Waals surface area contributed by atoms with Crippen LogP contribution in [0.5, 0.6) is 5.75 Å². The van der Waals surface area contributed by atoms with E-state index in [9.17, 15) is 9.00 Å². The molecule has 0 fully saturated rings. The van der Waals surface area contributed by atoms with Gasteiger partial charge in [-0.15, -0.1) is 11.3 Å². The fourth-order valence-electron chi connectivity index (χ4n) is 2.15. The van der Waals surface area contributed by atoms with E-state index in [1.54, 1.807) is 48.2 Å². The Hall–Kier alpha value is -2.51. The molecule has 3 rings (SSSR count).